The highest BCUT2D eigenvalue weighted by atomic mass is 15.1. The van der Waals surface area contributed by atoms with Crippen LogP contribution in [0.4, 0.5) is 11.5 Å². The smallest absolute Gasteiger partial charge is 0.149 e. The van der Waals surface area contributed by atoms with E-state index in [-0.39, 0.29) is 0 Å². The van der Waals surface area contributed by atoms with Gasteiger partial charge in [0, 0.05) is 19.3 Å². The van der Waals surface area contributed by atoms with Gasteiger partial charge in [-0.25, -0.2) is 4.98 Å². The molecule has 1 aliphatic heterocycles. The van der Waals surface area contributed by atoms with Gasteiger partial charge in [-0.3, -0.25) is 0 Å². The number of hydrogen-bond acceptors (Lipinski definition) is 3. The van der Waals surface area contributed by atoms with Gasteiger partial charge in [-0.1, -0.05) is 13.8 Å². The Morgan fingerprint density at radius 3 is 2.75 bits per heavy atom. The second-order valence-corrected chi connectivity index (χ2v) is 2.25. The third kappa shape index (κ3) is 1.87. The first-order valence-electron chi connectivity index (χ1n) is 4.39. The summed E-state index contributed by atoms with van der Waals surface area (Å²) >= 11 is 0. The molecular weight excluding hydrogens is 150 g/mol. The first-order chi connectivity index (χ1) is 5.97. The molecule has 0 aliphatic carbocycles. The molecule has 2 heterocycles. The molecule has 3 heteroatoms. The summed E-state index contributed by atoms with van der Waals surface area (Å²) < 4.78 is 0. The Bertz CT molecular complexity index is 210. The Balaban J connectivity index is 0.000000336. The first-order valence-corrected chi connectivity index (χ1v) is 4.39. The van der Waals surface area contributed by atoms with Gasteiger partial charge in [0.2, 0.25) is 0 Å². The van der Waals surface area contributed by atoms with E-state index in [1.807, 2.05) is 26.0 Å². The molecule has 0 bridgehead atoms. The molecule has 12 heavy (non-hydrogen) atoms. The van der Waals surface area contributed by atoms with Gasteiger partial charge in [-0.15, -0.1) is 0 Å². The van der Waals surface area contributed by atoms with Gasteiger partial charge in [0.25, 0.3) is 0 Å². The van der Waals surface area contributed by atoms with Crippen molar-refractivity contribution >= 4 is 11.5 Å². The van der Waals surface area contributed by atoms with Crippen molar-refractivity contribution in [2.75, 3.05) is 23.7 Å². The zero-order chi connectivity index (χ0) is 8.81. The minimum atomic E-state index is 0.962. The summed E-state index contributed by atoms with van der Waals surface area (Å²) in [7, 11) is 0. The maximum Gasteiger partial charge on any atom is 0.149 e. The van der Waals surface area contributed by atoms with Crippen molar-refractivity contribution in [1.82, 2.24) is 4.98 Å². The Labute approximate surface area is 73.2 Å². The number of pyridine rings is 1. The zero-order valence-corrected chi connectivity index (χ0v) is 7.59. The number of hydrogen-bond donors (Lipinski definition) is 2. The molecule has 0 saturated carbocycles. The summed E-state index contributed by atoms with van der Waals surface area (Å²) in [4.78, 5) is 4.15. The van der Waals surface area contributed by atoms with Crippen LogP contribution in [0.2, 0.25) is 0 Å². The monoisotopic (exact) mass is 165 g/mol. The van der Waals surface area contributed by atoms with E-state index in [4.69, 9.17) is 0 Å². The van der Waals surface area contributed by atoms with Gasteiger partial charge in [-0.05, 0) is 12.1 Å². The second-order valence-electron chi connectivity index (χ2n) is 2.25. The number of aromatic nitrogens is 1. The van der Waals surface area contributed by atoms with E-state index in [1.54, 1.807) is 6.20 Å². The largest absolute Gasteiger partial charge is 0.380 e. The normalized spacial score (nSPS) is 12.8. The highest BCUT2D eigenvalue weighted by Gasteiger charge is 2.05. The van der Waals surface area contributed by atoms with Crippen LogP contribution in [0.1, 0.15) is 13.8 Å². The van der Waals surface area contributed by atoms with Crippen molar-refractivity contribution in [3.8, 4) is 0 Å². The van der Waals surface area contributed by atoms with Crippen molar-refractivity contribution < 1.29 is 0 Å². The van der Waals surface area contributed by atoms with Crippen LogP contribution in [0.3, 0.4) is 0 Å². The van der Waals surface area contributed by atoms with E-state index in [1.165, 1.54) is 0 Å². The number of anilines is 2. The molecule has 1 aromatic heterocycles. The fraction of sp³-hybridized carbons (Fsp3) is 0.444. The maximum atomic E-state index is 4.15. The summed E-state index contributed by atoms with van der Waals surface area (Å²) in [5.41, 5.74) is 1.11. The Hall–Kier alpha value is -1.25. The standard InChI is InChI=1S/C7H9N3.C2H6/c1-2-6-7(9-3-1)10-5-4-8-6;1-2/h1-3,8H,4-5H2,(H,9,10);1-2H3. The third-order valence-corrected chi connectivity index (χ3v) is 1.54. The Morgan fingerprint density at radius 2 is 2.00 bits per heavy atom. The zero-order valence-electron chi connectivity index (χ0n) is 7.59. The molecule has 0 radical (unpaired) electrons. The van der Waals surface area contributed by atoms with E-state index in [2.05, 4.69) is 15.6 Å². The van der Waals surface area contributed by atoms with Crippen molar-refractivity contribution in [1.29, 1.82) is 0 Å². The van der Waals surface area contributed by atoms with E-state index in [0.717, 1.165) is 24.6 Å². The van der Waals surface area contributed by atoms with E-state index >= 15 is 0 Å². The Morgan fingerprint density at radius 1 is 1.25 bits per heavy atom. The topological polar surface area (TPSA) is 37.0 Å². The lowest BCUT2D eigenvalue weighted by Gasteiger charge is -2.17. The Kier molecular flexibility index (Phi) is 3.38. The quantitative estimate of drug-likeness (QED) is 0.617. The lowest BCUT2D eigenvalue weighted by atomic mass is 10.3. The average molecular weight is 165 g/mol. The van der Waals surface area contributed by atoms with Crippen molar-refractivity contribution in [3.05, 3.63) is 18.3 Å². The van der Waals surface area contributed by atoms with Gasteiger partial charge in [0.15, 0.2) is 0 Å². The van der Waals surface area contributed by atoms with Crippen LogP contribution in [-0.4, -0.2) is 18.1 Å². The fourth-order valence-corrected chi connectivity index (χ4v) is 1.07. The SMILES string of the molecule is CC.c1cnc2c(c1)NCCN2. The molecule has 1 aliphatic rings. The molecule has 0 saturated heterocycles. The van der Waals surface area contributed by atoms with Gasteiger partial charge in [0.05, 0.1) is 5.69 Å². The summed E-state index contributed by atoms with van der Waals surface area (Å²) in [5.74, 6) is 0.966. The van der Waals surface area contributed by atoms with Crippen LogP contribution >= 0.6 is 0 Å². The molecule has 0 amide bonds. The molecule has 2 rings (SSSR count). The molecule has 1 aromatic rings. The maximum absolute atomic E-state index is 4.15. The average Bonchev–Trinajstić information content (AvgIpc) is 2.21. The highest BCUT2D eigenvalue weighted by Crippen LogP contribution is 2.19. The van der Waals surface area contributed by atoms with Gasteiger partial charge in [0.1, 0.15) is 5.82 Å². The lowest BCUT2D eigenvalue weighted by molar-refractivity contribution is 1.02. The third-order valence-electron chi connectivity index (χ3n) is 1.54. The summed E-state index contributed by atoms with van der Waals surface area (Å²) in [6.07, 6.45) is 1.79. The minimum absolute atomic E-state index is 0.962. The number of nitrogens with zero attached hydrogens (tertiary/aromatic N) is 1. The van der Waals surface area contributed by atoms with Crippen LogP contribution in [0, 0.1) is 0 Å². The molecular formula is C9H15N3. The van der Waals surface area contributed by atoms with E-state index in [9.17, 15) is 0 Å². The van der Waals surface area contributed by atoms with E-state index in [0.29, 0.717) is 0 Å². The van der Waals surface area contributed by atoms with Crippen LogP contribution in [0.25, 0.3) is 0 Å². The molecule has 0 aromatic carbocycles. The van der Waals surface area contributed by atoms with Crippen LogP contribution in [0.15, 0.2) is 18.3 Å². The molecule has 0 spiro atoms. The lowest BCUT2D eigenvalue weighted by Crippen LogP contribution is -2.21. The number of rotatable bonds is 0. The summed E-state index contributed by atoms with van der Waals surface area (Å²) in [6.45, 7) is 5.95. The minimum Gasteiger partial charge on any atom is -0.380 e. The summed E-state index contributed by atoms with van der Waals surface area (Å²) in [6, 6.07) is 3.95. The molecule has 0 fully saturated rings. The predicted molar refractivity (Wildman–Crippen MR) is 52.6 cm³/mol. The fourth-order valence-electron chi connectivity index (χ4n) is 1.07. The number of fused-ring (bicyclic) bond motifs is 1. The second kappa shape index (κ2) is 4.59. The predicted octanol–water partition coefficient (Wildman–Crippen LogP) is 1.95. The van der Waals surface area contributed by atoms with Crippen molar-refractivity contribution in [2.24, 2.45) is 0 Å². The molecule has 2 N–H and O–H groups in total. The first kappa shape index (κ1) is 8.84. The van der Waals surface area contributed by atoms with Gasteiger partial charge in [-0.2, -0.15) is 0 Å². The summed E-state index contributed by atoms with van der Waals surface area (Å²) in [5, 5.41) is 6.43. The van der Waals surface area contributed by atoms with Crippen molar-refractivity contribution in [2.45, 2.75) is 13.8 Å². The van der Waals surface area contributed by atoms with E-state index < -0.39 is 0 Å². The van der Waals surface area contributed by atoms with Gasteiger partial charge >= 0.3 is 0 Å². The number of nitrogens with one attached hydrogen (secondary N) is 2. The van der Waals surface area contributed by atoms with Crippen LogP contribution in [0.5, 0.6) is 0 Å². The molecule has 3 nitrogen and oxygen atoms in total. The molecule has 0 unspecified atom stereocenters. The molecule has 66 valence electrons. The molecule has 0 atom stereocenters. The highest BCUT2D eigenvalue weighted by molar-refractivity contribution is 5.65. The van der Waals surface area contributed by atoms with Crippen LogP contribution in [-0.2, 0) is 0 Å². The van der Waals surface area contributed by atoms with Crippen molar-refractivity contribution in [3.63, 3.8) is 0 Å². The van der Waals surface area contributed by atoms with Gasteiger partial charge < -0.3 is 10.6 Å². The van der Waals surface area contributed by atoms with Crippen LogP contribution < -0.4 is 10.6 Å².